The van der Waals surface area contributed by atoms with Gasteiger partial charge in [0.1, 0.15) is 0 Å². The molecule has 0 aromatic carbocycles. The van der Waals surface area contributed by atoms with Gasteiger partial charge in [-0.2, -0.15) is 0 Å². The van der Waals surface area contributed by atoms with E-state index in [0.717, 1.165) is 47.5 Å². The van der Waals surface area contributed by atoms with Crippen molar-refractivity contribution in [1.82, 2.24) is 10.9 Å². The molecule has 0 radical (unpaired) electrons. The average molecular weight is 300 g/mol. The van der Waals surface area contributed by atoms with Gasteiger partial charge in [-0.1, -0.05) is 0 Å². The minimum absolute atomic E-state index is 0.489. The third-order valence-electron chi connectivity index (χ3n) is 8.77. The molecule has 8 fully saturated rings. The van der Waals surface area contributed by atoms with Gasteiger partial charge in [0, 0.05) is 11.6 Å². The molecule has 0 spiro atoms. The van der Waals surface area contributed by atoms with Crippen LogP contribution in [0.5, 0.6) is 0 Å². The minimum Gasteiger partial charge on any atom is -0.254 e. The summed E-state index contributed by atoms with van der Waals surface area (Å²) in [5.74, 6) is 7.35. The summed E-state index contributed by atoms with van der Waals surface area (Å²) in [7, 11) is 0. The molecule has 122 valence electrons. The second-order valence-electron chi connectivity index (χ2n) is 10.4. The molecule has 0 aliphatic heterocycles. The maximum absolute atomic E-state index is 4.01. The zero-order valence-corrected chi connectivity index (χ0v) is 13.9. The molecule has 8 saturated carbocycles. The van der Waals surface area contributed by atoms with Crippen molar-refractivity contribution in [3.05, 3.63) is 0 Å². The molecular formula is C20H32N2. The van der Waals surface area contributed by atoms with Crippen LogP contribution in [-0.4, -0.2) is 11.6 Å². The fraction of sp³-hybridized carbons (Fsp3) is 1.00. The molecular weight excluding hydrogens is 268 g/mol. The second-order valence-corrected chi connectivity index (χ2v) is 10.4. The van der Waals surface area contributed by atoms with E-state index in [1.807, 2.05) is 0 Å². The van der Waals surface area contributed by atoms with Crippen molar-refractivity contribution >= 4 is 0 Å². The summed E-state index contributed by atoms with van der Waals surface area (Å²) in [6, 6.07) is 0.806. The van der Waals surface area contributed by atoms with Gasteiger partial charge in [-0.15, -0.1) is 0 Å². The molecule has 2 nitrogen and oxygen atoms in total. The first-order valence-corrected chi connectivity index (χ1v) is 10.3. The highest BCUT2D eigenvalue weighted by Gasteiger charge is 2.52. The van der Waals surface area contributed by atoms with E-state index < -0.39 is 0 Å². The van der Waals surface area contributed by atoms with Gasteiger partial charge in [0.05, 0.1) is 0 Å². The molecule has 0 amide bonds. The fourth-order valence-electron chi connectivity index (χ4n) is 8.66. The standard InChI is InChI=1S/C20H32N2/c1-12-5-17-7-13(1)8-18(6-12)19(17)21-22-20-9-14-2-15(10-20)4-16(3-14)11-20/h12-19,21-22H,1-11H2. The van der Waals surface area contributed by atoms with Crippen molar-refractivity contribution < 1.29 is 0 Å². The Morgan fingerprint density at radius 1 is 0.545 bits per heavy atom. The predicted molar refractivity (Wildman–Crippen MR) is 88.0 cm³/mol. The maximum Gasteiger partial charge on any atom is 0.0331 e. The van der Waals surface area contributed by atoms with Gasteiger partial charge in [-0.25, -0.2) is 0 Å². The molecule has 0 aromatic heterocycles. The third-order valence-corrected chi connectivity index (χ3v) is 8.77. The largest absolute Gasteiger partial charge is 0.254 e. The van der Waals surface area contributed by atoms with Crippen LogP contribution in [0.2, 0.25) is 0 Å². The van der Waals surface area contributed by atoms with Crippen LogP contribution < -0.4 is 10.9 Å². The maximum atomic E-state index is 4.01. The minimum atomic E-state index is 0.489. The van der Waals surface area contributed by atoms with Gasteiger partial charge in [0.2, 0.25) is 0 Å². The van der Waals surface area contributed by atoms with Crippen LogP contribution in [0.25, 0.3) is 0 Å². The van der Waals surface area contributed by atoms with Crippen LogP contribution in [0.1, 0.15) is 70.6 Å². The van der Waals surface area contributed by atoms with Crippen LogP contribution in [0.3, 0.4) is 0 Å². The van der Waals surface area contributed by atoms with Crippen LogP contribution in [-0.2, 0) is 0 Å². The van der Waals surface area contributed by atoms with Crippen molar-refractivity contribution in [3.8, 4) is 0 Å². The molecule has 0 heterocycles. The number of hydrogen-bond acceptors (Lipinski definition) is 2. The lowest BCUT2D eigenvalue weighted by atomic mass is 9.53. The molecule has 0 unspecified atom stereocenters. The SMILES string of the molecule is C1C2CC3CC1CC(C2)C3NNC12CC3CC(CC(C3)C1)C2. The molecule has 8 aliphatic rings. The van der Waals surface area contributed by atoms with Crippen molar-refractivity contribution in [3.63, 3.8) is 0 Å². The van der Waals surface area contributed by atoms with Crippen LogP contribution >= 0.6 is 0 Å². The highest BCUT2D eigenvalue weighted by Crippen LogP contribution is 2.56. The quantitative estimate of drug-likeness (QED) is 0.773. The Bertz CT molecular complexity index is 407. The van der Waals surface area contributed by atoms with E-state index in [0.29, 0.717) is 5.54 Å². The monoisotopic (exact) mass is 300 g/mol. The number of hydrazine groups is 1. The predicted octanol–water partition coefficient (Wildman–Crippen LogP) is 3.87. The summed E-state index contributed by atoms with van der Waals surface area (Å²) in [6.07, 6.45) is 16.8. The van der Waals surface area contributed by atoms with E-state index in [4.69, 9.17) is 0 Å². The number of rotatable bonds is 3. The van der Waals surface area contributed by atoms with Gasteiger partial charge >= 0.3 is 0 Å². The molecule has 0 atom stereocenters. The van der Waals surface area contributed by atoms with Gasteiger partial charge in [-0.3, -0.25) is 10.9 Å². The molecule has 8 rings (SSSR count). The van der Waals surface area contributed by atoms with Gasteiger partial charge in [-0.05, 0) is 112 Å². The van der Waals surface area contributed by atoms with Crippen molar-refractivity contribution in [2.75, 3.05) is 0 Å². The summed E-state index contributed by atoms with van der Waals surface area (Å²) in [4.78, 5) is 0. The second kappa shape index (κ2) is 4.51. The molecule has 2 heteroatoms. The molecule has 0 saturated heterocycles. The van der Waals surface area contributed by atoms with Crippen LogP contribution in [0.4, 0.5) is 0 Å². The highest BCUT2D eigenvalue weighted by atomic mass is 15.4. The highest BCUT2D eigenvalue weighted by molar-refractivity contribution is 5.07. The van der Waals surface area contributed by atoms with Crippen LogP contribution in [0, 0.1) is 41.4 Å². The first-order chi connectivity index (χ1) is 10.7. The topological polar surface area (TPSA) is 24.1 Å². The average Bonchev–Trinajstić information content (AvgIpc) is 2.44. The van der Waals surface area contributed by atoms with E-state index in [1.165, 1.54) is 44.9 Å². The van der Waals surface area contributed by atoms with Crippen LogP contribution in [0.15, 0.2) is 0 Å². The summed E-state index contributed by atoms with van der Waals surface area (Å²) >= 11 is 0. The summed E-state index contributed by atoms with van der Waals surface area (Å²) in [5, 5.41) is 0. The molecule has 8 aliphatic carbocycles. The Hall–Kier alpha value is -0.0800. The lowest BCUT2D eigenvalue weighted by Gasteiger charge is -2.59. The Morgan fingerprint density at radius 3 is 1.50 bits per heavy atom. The molecule has 2 N–H and O–H groups in total. The van der Waals surface area contributed by atoms with E-state index >= 15 is 0 Å². The fourth-order valence-corrected chi connectivity index (χ4v) is 8.66. The molecule has 8 bridgehead atoms. The number of hydrogen-bond donors (Lipinski definition) is 2. The van der Waals surface area contributed by atoms with Gasteiger partial charge in [0.25, 0.3) is 0 Å². The lowest BCUT2D eigenvalue weighted by molar-refractivity contribution is -0.0547. The first-order valence-electron chi connectivity index (χ1n) is 10.3. The summed E-state index contributed by atoms with van der Waals surface area (Å²) in [6.45, 7) is 0. The van der Waals surface area contributed by atoms with Crippen molar-refractivity contribution in [2.45, 2.75) is 82.2 Å². The number of nitrogens with one attached hydrogen (secondary N) is 2. The Labute approximate surface area is 135 Å². The molecule has 22 heavy (non-hydrogen) atoms. The normalized spacial score (nSPS) is 61.1. The summed E-state index contributed by atoms with van der Waals surface area (Å²) < 4.78 is 0. The van der Waals surface area contributed by atoms with Gasteiger partial charge in [0.15, 0.2) is 0 Å². The summed E-state index contributed by atoms with van der Waals surface area (Å²) in [5.41, 5.74) is 8.47. The van der Waals surface area contributed by atoms with E-state index in [2.05, 4.69) is 10.9 Å². The van der Waals surface area contributed by atoms with E-state index in [-0.39, 0.29) is 0 Å². The van der Waals surface area contributed by atoms with Crippen molar-refractivity contribution in [1.29, 1.82) is 0 Å². The van der Waals surface area contributed by atoms with Crippen molar-refractivity contribution in [2.24, 2.45) is 41.4 Å². The zero-order valence-electron chi connectivity index (χ0n) is 13.9. The smallest absolute Gasteiger partial charge is 0.0331 e. The van der Waals surface area contributed by atoms with E-state index in [1.54, 1.807) is 25.7 Å². The Kier molecular flexibility index (Phi) is 2.71. The zero-order chi connectivity index (χ0) is 14.3. The first kappa shape index (κ1) is 13.2. The van der Waals surface area contributed by atoms with Gasteiger partial charge < -0.3 is 0 Å². The molecule has 0 aromatic rings. The lowest BCUT2D eigenvalue weighted by Crippen LogP contribution is -2.66. The third kappa shape index (κ3) is 1.92. The Morgan fingerprint density at radius 2 is 1.00 bits per heavy atom. The Balaban J connectivity index is 1.17. The van der Waals surface area contributed by atoms with E-state index in [9.17, 15) is 0 Å².